The van der Waals surface area contributed by atoms with Gasteiger partial charge < -0.3 is 28.1 Å². The maximum absolute atomic E-state index is 14.2. The number of nitrogens with one attached hydrogen (secondary N) is 1. The minimum atomic E-state index is -1.21. The fourth-order valence-corrected chi connectivity index (χ4v) is 5.36. The molecule has 0 saturated heterocycles. The molecule has 0 fully saturated rings. The maximum Gasteiger partial charge on any atom is 2.00 e. The predicted molar refractivity (Wildman–Crippen MR) is 170 cm³/mol. The van der Waals surface area contributed by atoms with Gasteiger partial charge in [-0.2, -0.15) is 5.26 Å². The molecule has 3 aromatic carbocycles. The zero-order chi connectivity index (χ0) is 31.1. The fraction of sp³-hybridized carbons (Fsp3) is 0.265. The van der Waals surface area contributed by atoms with E-state index in [0.717, 1.165) is 5.56 Å². The van der Waals surface area contributed by atoms with Gasteiger partial charge in [0.25, 0.3) is 5.91 Å². The number of nitriles is 1. The summed E-state index contributed by atoms with van der Waals surface area (Å²) in [7, 11) is 0. The van der Waals surface area contributed by atoms with Gasteiger partial charge >= 0.3 is 43.7 Å². The molecule has 0 bridgehead atoms. The number of amides is 1. The van der Waals surface area contributed by atoms with E-state index in [1.807, 2.05) is 48.7 Å². The smallest absolute Gasteiger partial charge is 1.00 e. The minimum absolute atomic E-state index is 0. The Balaban J connectivity index is 0.00000353. The average Bonchev–Trinajstić information content (AvgIpc) is 3.32. The molecule has 44 heavy (non-hydrogen) atoms. The molecule has 0 spiro atoms. The van der Waals surface area contributed by atoms with Crippen molar-refractivity contribution in [1.82, 2.24) is 4.57 Å². The number of benzene rings is 3. The van der Waals surface area contributed by atoms with Crippen molar-refractivity contribution in [3.8, 4) is 28.5 Å². The topological polar surface area (TPSA) is 136 Å². The van der Waals surface area contributed by atoms with Crippen molar-refractivity contribution in [3.05, 3.63) is 102 Å². The Morgan fingerprint density at radius 1 is 0.955 bits per heavy atom. The summed E-state index contributed by atoms with van der Waals surface area (Å²) >= 11 is 0. The summed E-state index contributed by atoms with van der Waals surface area (Å²) in [4.78, 5) is 25.2. The van der Waals surface area contributed by atoms with Crippen LogP contribution in [0.5, 0.6) is 0 Å². The second kappa shape index (κ2) is 16.0. The molecule has 2 atom stereocenters. The van der Waals surface area contributed by atoms with Crippen LogP contribution in [0, 0.1) is 17.1 Å². The number of anilines is 1. The van der Waals surface area contributed by atoms with E-state index < -0.39 is 36.3 Å². The van der Waals surface area contributed by atoms with E-state index in [0.29, 0.717) is 39.3 Å². The molecule has 10 heteroatoms. The molecule has 1 aromatic heterocycles. The Hall–Kier alpha value is -3.52. The Bertz CT molecular complexity index is 1640. The standard InChI is InChI=1S/C34H34FN3O5.Ca.2H/c1-21(2)32-31(34(43)37-28-11-7-6-10-24(28)20-36)30(22-8-4-3-5-9-22)33(23-12-14-25(35)15-13-23)38(32)17-16-26(39)18-27(40)19-29(41)42;;;/h3-15,21,26-27,39-40H,16-19H2,1-2H3,(H,37,43)(H,41,42);;;/q;+2;2*-1/t26-,27-;;;/m1.../s1. The largest absolute Gasteiger partial charge is 2.00 e. The van der Waals surface area contributed by atoms with Crippen molar-refractivity contribution >= 4 is 55.3 Å². The number of carboxylic acids is 1. The Morgan fingerprint density at radius 3 is 2.20 bits per heavy atom. The van der Waals surface area contributed by atoms with E-state index in [2.05, 4.69) is 11.4 Å². The number of halogens is 1. The van der Waals surface area contributed by atoms with Crippen LogP contribution in [0.1, 0.15) is 63.5 Å². The predicted octanol–water partition coefficient (Wildman–Crippen LogP) is 6.03. The van der Waals surface area contributed by atoms with Crippen molar-refractivity contribution in [2.45, 2.75) is 57.8 Å². The number of aromatic nitrogens is 1. The number of aliphatic hydroxyl groups excluding tert-OH is 2. The monoisotopic (exact) mass is 625 g/mol. The summed E-state index contributed by atoms with van der Waals surface area (Å²) in [6, 6.07) is 24.1. The summed E-state index contributed by atoms with van der Waals surface area (Å²) < 4.78 is 16.0. The molecular weight excluding hydrogens is 589 g/mol. The van der Waals surface area contributed by atoms with Gasteiger partial charge in [-0.25, -0.2) is 4.39 Å². The van der Waals surface area contributed by atoms with Gasteiger partial charge in [-0.15, -0.1) is 0 Å². The second-order valence-corrected chi connectivity index (χ2v) is 10.7. The molecule has 0 aliphatic carbocycles. The molecule has 4 aromatic rings. The number of aliphatic carboxylic acids is 1. The molecule has 1 heterocycles. The first-order valence-corrected chi connectivity index (χ1v) is 14.1. The summed E-state index contributed by atoms with van der Waals surface area (Å²) in [6.07, 6.45) is -2.67. The van der Waals surface area contributed by atoms with Gasteiger partial charge in [0.05, 0.1) is 41.1 Å². The Morgan fingerprint density at radius 2 is 1.59 bits per heavy atom. The molecule has 0 radical (unpaired) electrons. The second-order valence-electron chi connectivity index (χ2n) is 10.7. The van der Waals surface area contributed by atoms with Crippen LogP contribution in [0.4, 0.5) is 10.1 Å². The van der Waals surface area contributed by atoms with Gasteiger partial charge in [-0.1, -0.05) is 56.3 Å². The molecule has 1 amide bonds. The third kappa shape index (κ3) is 8.35. The number of carbonyl (C=O) groups excluding carboxylic acids is 1. The fourth-order valence-electron chi connectivity index (χ4n) is 5.36. The number of hydrogen-bond donors (Lipinski definition) is 4. The van der Waals surface area contributed by atoms with E-state index in [-0.39, 0.29) is 65.9 Å². The first-order chi connectivity index (χ1) is 20.6. The zero-order valence-electron chi connectivity index (χ0n) is 26.7. The molecule has 0 saturated carbocycles. The van der Waals surface area contributed by atoms with E-state index in [1.165, 1.54) is 12.1 Å². The number of nitrogens with zero attached hydrogens (tertiary/aromatic N) is 2. The van der Waals surface area contributed by atoms with Crippen molar-refractivity contribution in [3.63, 3.8) is 0 Å². The number of hydrogen-bond acceptors (Lipinski definition) is 5. The summed E-state index contributed by atoms with van der Waals surface area (Å²) in [5.41, 5.74) is 4.39. The average molecular weight is 626 g/mol. The molecule has 4 rings (SSSR count). The van der Waals surface area contributed by atoms with E-state index in [4.69, 9.17) is 5.11 Å². The third-order valence-corrected chi connectivity index (χ3v) is 7.19. The van der Waals surface area contributed by atoms with Crippen molar-refractivity contribution < 1.29 is 32.2 Å². The van der Waals surface area contributed by atoms with Crippen LogP contribution < -0.4 is 5.32 Å². The van der Waals surface area contributed by atoms with Crippen LogP contribution in [0.2, 0.25) is 0 Å². The number of carbonyl (C=O) groups is 2. The molecule has 0 unspecified atom stereocenters. The molecule has 0 aliphatic rings. The summed E-state index contributed by atoms with van der Waals surface area (Å²) in [5, 5.41) is 42.4. The summed E-state index contributed by atoms with van der Waals surface area (Å²) in [6.45, 7) is 4.12. The normalized spacial score (nSPS) is 12.2. The van der Waals surface area contributed by atoms with Crippen LogP contribution >= 0.6 is 0 Å². The molecule has 226 valence electrons. The number of para-hydroxylation sites is 1. The van der Waals surface area contributed by atoms with Crippen LogP contribution in [0.3, 0.4) is 0 Å². The SMILES string of the molecule is CC(C)c1c(C(=O)Nc2ccccc2C#N)c(-c2ccccc2)c(-c2ccc(F)cc2)n1CC[C@@H](O)C[C@@H](O)CC(=O)O.[Ca+2].[H-].[H-]. The van der Waals surface area contributed by atoms with E-state index in [1.54, 1.807) is 36.4 Å². The first-order valence-electron chi connectivity index (χ1n) is 14.1. The number of aliphatic hydroxyl groups is 2. The molecular formula is C34H36CaFN3O5. The Labute approximate surface area is 288 Å². The van der Waals surface area contributed by atoms with Crippen molar-refractivity contribution in [2.24, 2.45) is 0 Å². The van der Waals surface area contributed by atoms with Crippen LogP contribution in [0.15, 0.2) is 78.9 Å². The summed E-state index contributed by atoms with van der Waals surface area (Å²) in [5.74, 6) is -2.18. The minimum Gasteiger partial charge on any atom is -1.00 e. The quantitative estimate of drug-likeness (QED) is 0.142. The first kappa shape index (κ1) is 35.0. The van der Waals surface area contributed by atoms with Gasteiger partial charge in [-0.05, 0) is 66.3 Å². The van der Waals surface area contributed by atoms with Crippen LogP contribution in [0.25, 0.3) is 22.4 Å². The maximum atomic E-state index is 14.2. The molecule has 8 nitrogen and oxygen atoms in total. The van der Waals surface area contributed by atoms with E-state index >= 15 is 0 Å². The van der Waals surface area contributed by atoms with Gasteiger partial charge in [0.15, 0.2) is 0 Å². The van der Waals surface area contributed by atoms with Gasteiger partial charge in [0.1, 0.15) is 11.9 Å². The van der Waals surface area contributed by atoms with Gasteiger partial charge in [0, 0.05) is 17.8 Å². The van der Waals surface area contributed by atoms with Crippen molar-refractivity contribution in [2.75, 3.05) is 5.32 Å². The van der Waals surface area contributed by atoms with Crippen molar-refractivity contribution in [1.29, 1.82) is 5.26 Å². The van der Waals surface area contributed by atoms with Crippen LogP contribution in [-0.4, -0.2) is 81.7 Å². The third-order valence-electron chi connectivity index (χ3n) is 7.19. The zero-order valence-corrected chi connectivity index (χ0v) is 26.9. The van der Waals surface area contributed by atoms with Crippen LogP contribution in [-0.2, 0) is 11.3 Å². The number of rotatable bonds is 12. The molecule has 4 N–H and O–H groups in total. The van der Waals surface area contributed by atoms with Gasteiger partial charge in [-0.3, -0.25) is 9.59 Å². The molecule has 0 aliphatic heterocycles. The number of carboxylic acid groups (broad SMARTS) is 1. The Kier molecular flexibility index (Phi) is 12.7. The van der Waals surface area contributed by atoms with E-state index in [9.17, 15) is 29.5 Å². The van der Waals surface area contributed by atoms with Gasteiger partial charge in [0.2, 0.25) is 0 Å².